The monoisotopic (exact) mass is 470 g/mol. The van der Waals surface area contributed by atoms with Gasteiger partial charge in [-0.3, -0.25) is 4.79 Å². The molecular formula is C21H22ClF3N4O3. The molecule has 2 aromatic rings. The van der Waals surface area contributed by atoms with Gasteiger partial charge in [0.1, 0.15) is 18.5 Å². The smallest absolute Gasteiger partial charge is 0.417 e. The predicted molar refractivity (Wildman–Crippen MR) is 112 cm³/mol. The number of nitrogens with zero attached hydrogens (tertiary/aromatic N) is 3. The van der Waals surface area contributed by atoms with Crippen molar-refractivity contribution in [2.45, 2.75) is 25.7 Å². The highest BCUT2D eigenvalue weighted by atomic mass is 35.5. The molecule has 1 aliphatic heterocycles. The van der Waals surface area contributed by atoms with Gasteiger partial charge in [0, 0.05) is 32.4 Å². The molecule has 1 saturated heterocycles. The van der Waals surface area contributed by atoms with Gasteiger partial charge in [-0.1, -0.05) is 41.9 Å². The number of aromatic nitrogens is 1. The quantitative estimate of drug-likeness (QED) is 0.721. The number of carbonyl (C=O) groups is 2. The standard InChI is InChI=1S/C21H22ClF3N4O3/c1-14(27-20(31)32-13-15-5-3-2-4-6-15)19(30)29-9-7-28(8-10-29)18-17(22)11-16(12-26-18)21(23,24)25/h2-6,11-12,14H,7-10,13H2,1H3,(H,27,31). The summed E-state index contributed by atoms with van der Waals surface area (Å²) in [5.41, 5.74) is -0.0904. The number of alkyl halides is 3. The van der Waals surface area contributed by atoms with Crippen LogP contribution in [0.2, 0.25) is 5.02 Å². The number of hydrogen-bond acceptors (Lipinski definition) is 5. The summed E-state index contributed by atoms with van der Waals surface area (Å²) in [6.45, 7) is 2.95. The lowest BCUT2D eigenvalue weighted by atomic mass is 10.2. The Morgan fingerprint density at radius 1 is 1.19 bits per heavy atom. The first-order valence-corrected chi connectivity index (χ1v) is 10.3. The summed E-state index contributed by atoms with van der Waals surface area (Å²) in [5.74, 6) is -0.0461. The second-order valence-corrected chi connectivity index (χ2v) is 7.67. The topological polar surface area (TPSA) is 74.8 Å². The highest BCUT2D eigenvalue weighted by molar-refractivity contribution is 6.33. The average molecular weight is 471 g/mol. The Morgan fingerprint density at radius 2 is 1.84 bits per heavy atom. The van der Waals surface area contributed by atoms with Gasteiger partial charge in [-0.2, -0.15) is 13.2 Å². The molecule has 2 heterocycles. The van der Waals surface area contributed by atoms with Crippen LogP contribution in [-0.4, -0.2) is 54.1 Å². The van der Waals surface area contributed by atoms with E-state index in [1.807, 2.05) is 30.3 Å². The molecule has 1 aromatic carbocycles. The number of carbonyl (C=O) groups excluding carboxylic acids is 2. The van der Waals surface area contributed by atoms with Crippen molar-refractivity contribution in [3.8, 4) is 0 Å². The molecule has 1 unspecified atom stereocenters. The van der Waals surface area contributed by atoms with Crippen LogP contribution in [0.4, 0.5) is 23.8 Å². The number of nitrogens with one attached hydrogen (secondary N) is 1. The minimum absolute atomic E-state index is 0.0904. The van der Waals surface area contributed by atoms with Crippen molar-refractivity contribution in [1.29, 1.82) is 0 Å². The van der Waals surface area contributed by atoms with Crippen molar-refractivity contribution in [2.75, 3.05) is 31.1 Å². The molecule has 172 valence electrons. The van der Waals surface area contributed by atoms with Gasteiger partial charge in [-0.25, -0.2) is 9.78 Å². The van der Waals surface area contributed by atoms with Gasteiger partial charge >= 0.3 is 12.3 Å². The maximum atomic E-state index is 12.8. The van der Waals surface area contributed by atoms with Gasteiger partial charge in [0.05, 0.1) is 10.6 Å². The highest BCUT2D eigenvalue weighted by Crippen LogP contribution is 2.33. The van der Waals surface area contributed by atoms with Crippen molar-refractivity contribution in [3.05, 3.63) is 58.7 Å². The first-order chi connectivity index (χ1) is 15.1. The zero-order valence-corrected chi connectivity index (χ0v) is 18.0. The molecule has 1 aliphatic rings. The van der Waals surface area contributed by atoms with Crippen LogP contribution < -0.4 is 10.2 Å². The Balaban J connectivity index is 1.49. The third-order valence-corrected chi connectivity index (χ3v) is 5.24. The molecule has 1 atom stereocenters. The number of piperazine rings is 1. The molecule has 3 rings (SSSR count). The molecular weight excluding hydrogens is 449 g/mol. The maximum absolute atomic E-state index is 12.8. The number of hydrogen-bond donors (Lipinski definition) is 1. The molecule has 0 saturated carbocycles. The number of rotatable bonds is 5. The van der Waals surface area contributed by atoms with Crippen LogP contribution in [0.15, 0.2) is 42.6 Å². The average Bonchev–Trinajstić information content (AvgIpc) is 2.77. The maximum Gasteiger partial charge on any atom is 0.417 e. The fourth-order valence-corrected chi connectivity index (χ4v) is 3.52. The lowest BCUT2D eigenvalue weighted by molar-refractivity contribution is -0.138. The number of alkyl carbamates (subject to hydrolysis) is 1. The molecule has 11 heteroatoms. The van der Waals surface area contributed by atoms with E-state index < -0.39 is 23.9 Å². The third kappa shape index (κ3) is 6.03. The van der Waals surface area contributed by atoms with E-state index in [0.717, 1.165) is 17.8 Å². The van der Waals surface area contributed by atoms with E-state index in [1.165, 1.54) is 0 Å². The Bertz CT molecular complexity index is 951. The largest absolute Gasteiger partial charge is 0.445 e. The van der Waals surface area contributed by atoms with Gasteiger partial charge in [0.25, 0.3) is 0 Å². The number of amides is 2. The summed E-state index contributed by atoms with van der Waals surface area (Å²) in [7, 11) is 0. The molecule has 0 spiro atoms. The molecule has 2 amide bonds. The molecule has 32 heavy (non-hydrogen) atoms. The van der Waals surface area contributed by atoms with Crippen LogP contribution in [0.5, 0.6) is 0 Å². The van der Waals surface area contributed by atoms with E-state index in [1.54, 1.807) is 16.7 Å². The minimum atomic E-state index is -4.52. The first kappa shape index (κ1) is 23.6. The van der Waals surface area contributed by atoms with Crippen molar-refractivity contribution in [1.82, 2.24) is 15.2 Å². The zero-order valence-electron chi connectivity index (χ0n) is 17.2. The normalized spacial score (nSPS) is 15.3. The van der Waals surface area contributed by atoms with Crippen LogP contribution in [0, 0.1) is 0 Å². The molecule has 0 radical (unpaired) electrons. The number of pyridine rings is 1. The van der Waals surface area contributed by atoms with Gasteiger partial charge < -0.3 is 19.9 Å². The lowest BCUT2D eigenvalue weighted by Crippen LogP contribution is -2.54. The highest BCUT2D eigenvalue weighted by Gasteiger charge is 2.33. The van der Waals surface area contributed by atoms with E-state index >= 15 is 0 Å². The van der Waals surface area contributed by atoms with Crippen molar-refractivity contribution >= 4 is 29.4 Å². The summed E-state index contributed by atoms with van der Waals surface area (Å²) in [4.78, 5) is 31.8. The van der Waals surface area contributed by atoms with E-state index in [4.69, 9.17) is 16.3 Å². The van der Waals surface area contributed by atoms with Crippen molar-refractivity contribution < 1.29 is 27.5 Å². The summed E-state index contributed by atoms with van der Waals surface area (Å²) in [6, 6.07) is 9.20. The molecule has 0 bridgehead atoms. The Labute approximate surface area is 188 Å². The lowest BCUT2D eigenvalue weighted by Gasteiger charge is -2.36. The van der Waals surface area contributed by atoms with Gasteiger partial charge in [-0.05, 0) is 18.6 Å². The molecule has 1 aromatic heterocycles. The fourth-order valence-electron chi connectivity index (χ4n) is 3.23. The zero-order chi connectivity index (χ0) is 23.3. The minimum Gasteiger partial charge on any atom is -0.445 e. The van der Waals surface area contributed by atoms with E-state index in [-0.39, 0.29) is 23.4 Å². The second kappa shape index (κ2) is 10.1. The fraction of sp³-hybridized carbons (Fsp3) is 0.381. The first-order valence-electron chi connectivity index (χ1n) is 9.89. The molecule has 7 nitrogen and oxygen atoms in total. The third-order valence-electron chi connectivity index (χ3n) is 4.96. The second-order valence-electron chi connectivity index (χ2n) is 7.27. The van der Waals surface area contributed by atoms with Gasteiger partial charge in [0.2, 0.25) is 5.91 Å². The summed E-state index contributed by atoms with van der Waals surface area (Å²) < 4.78 is 43.5. The van der Waals surface area contributed by atoms with Crippen molar-refractivity contribution in [2.24, 2.45) is 0 Å². The molecule has 1 fully saturated rings. The van der Waals surface area contributed by atoms with Crippen LogP contribution >= 0.6 is 11.6 Å². The van der Waals surface area contributed by atoms with Crippen LogP contribution in [0.1, 0.15) is 18.1 Å². The number of anilines is 1. The predicted octanol–water partition coefficient (Wildman–Crippen LogP) is 3.72. The summed E-state index contributed by atoms with van der Waals surface area (Å²) >= 11 is 6.00. The van der Waals surface area contributed by atoms with Gasteiger partial charge in [0.15, 0.2) is 0 Å². The molecule has 1 N–H and O–H groups in total. The molecule has 0 aliphatic carbocycles. The van der Waals surface area contributed by atoms with Gasteiger partial charge in [-0.15, -0.1) is 0 Å². The number of benzene rings is 1. The van der Waals surface area contributed by atoms with Crippen LogP contribution in [-0.2, 0) is 22.3 Å². The van der Waals surface area contributed by atoms with Crippen molar-refractivity contribution in [3.63, 3.8) is 0 Å². The Morgan fingerprint density at radius 3 is 2.44 bits per heavy atom. The Hall–Kier alpha value is -3.01. The summed E-state index contributed by atoms with van der Waals surface area (Å²) in [6.07, 6.45) is -4.48. The Kier molecular flexibility index (Phi) is 7.44. The number of halogens is 4. The SMILES string of the molecule is CC(NC(=O)OCc1ccccc1)C(=O)N1CCN(c2ncc(C(F)(F)F)cc2Cl)CC1. The number of ether oxygens (including phenoxy) is 1. The van der Waals surface area contributed by atoms with E-state index in [2.05, 4.69) is 10.3 Å². The van der Waals surface area contributed by atoms with Crippen LogP contribution in [0.25, 0.3) is 0 Å². The van der Waals surface area contributed by atoms with E-state index in [0.29, 0.717) is 26.2 Å². The van der Waals surface area contributed by atoms with E-state index in [9.17, 15) is 22.8 Å². The van der Waals surface area contributed by atoms with Crippen LogP contribution in [0.3, 0.4) is 0 Å². The summed E-state index contributed by atoms with van der Waals surface area (Å²) in [5, 5.41) is 2.41.